The minimum atomic E-state index is -0.185. The van der Waals surface area contributed by atoms with Crippen LogP contribution in [0.3, 0.4) is 0 Å². The molecule has 0 spiro atoms. The lowest BCUT2D eigenvalue weighted by Crippen LogP contribution is -2.24. The lowest BCUT2D eigenvalue weighted by atomic mass is 10.1. The van der Waals surface area contributed by atoms with E-state index in [-0.39, 0.29) is 12.1 Å². The van der Waals surface area contributed by atoms with Crippen LogP contribution in [0, 0.1) is 6.92 Å². The maximum absolute atomic E-state index is 12.7. The maximum atomic E-state index is 12.7. The van der Waals surface area contributed by atoms with E-state index in [0.29, 0.717) is 17.1 Å². The van der Waals surface area contributed by atoms with Crippen LogP contribution < -0.4 is 5.56 Å². The molecule has 3 aromatic heterocycles. The Labute approximate surface area is 152 Å². The minimum Gasteiger partial charge on any atom is -0.345 e. The van der Waals surface area contributed by atoms with Gasteiger partial charge in [-0.1, -0.05) is 23.4 Å². The Morgan fingerprint density at radius 2 is 2.00 bits per heavy atom. The van der Waals surface area contributed by atoms with Gasteiger partial charge in [-0.05, 0) is 31.2 Å². The fraction of sp³-hybridized carbons (Fsp3) is 0.105. The fourth-order valence-electron chi connectivity index (χ4n) is 3.15. The highest BCUT2D eigenvalue weighted by Crippen LogP contribution is 2.20. The predicted molar refractivity (Wildman–Crippen MR) is 99.2 cm³/mol. The number of aromatic amines is 1. The van der Waals surface area contributed by atoms with Gasteiger partial charge in [-0.2, -0.15) is 10.1 Å². The van der Waals surface area contributed by atoms with Gasteiger partial charge in [0.05, 0.1) is 28.4 Å². The zero-order chi connectivity index (χ0) is 18.4. The van der Waals surface area contributed by atoms with Gasteiger partial charge in [-0.3, -0.25) is 4.79 Å². The van der Waals surface area contributed by atoms with Gasteiger partial charge in [0, 0.05) is 10.9 Å². The summed E-state index contributed by atoms with van der Waals surface area (Å²) in [6.07, 6.45) is 1.64. The number of aromatic nitrogens is 6. The van der Waals surface area contributed by atoms with E-state index in [1.807, 2.05) is 43.3 Å². The van der Waals surface area contributed by atoms with Crippen LogP contribution in [0.5, 0.6) is 0 Å². The third-order valence-electron chi connectivity index (χ3n) is 4.48. The van der Waals surface area contributed by atoms with Crippen molar-refractivity contribution in [2.24, 2.45) is 0 Å². The topological polar surface area (TPSA) is 102 Å². The molecule has 8 nitrogen and oxygen atoms in total. The standard InChI is InChI=1S/C19H14N6O2/c1-11-13-4-2-3-5-14(13)19(26)25(23-11)9-17-22-18(24-27-17)12-6-7-15-16(8-12)21-10-20-15/h2-8,10H,9H2,1H3,(H,20,21). The lowest BCUT2D eigenvalue weighted by Gasteiger charge is -2.06. The molecule has 5 rings (SSSR count). The molecular formula is C19H14N6O2. The van der Waals surface area contributed by atoms with Crippen LogP contribution in [-0.4, -0.2) is 29.9 Å². The normalized spacial score (nSPS) is 11.4. The Hall–Kier alpha value is -3.81. The molecule has 0 saturated heterocycles. The number of aryl methyl sites for hydroxylation is 1. The number of hydrogen-bond acceptors (Lipinski definition) is 6. The van der Waals surface area contributed by atoms with Crippen molar-refractivity contribution < 1.29 is 4.52 Å². The zero-order valence-electron chi connectivity index (χ0n) is 14.4. The summed E-state index contributed by atoms with van der Waals surface area (Å²) in [6, 6.07) is 13.1. The summed E-state index contributed by atoms with van der Waals surface area (Å²) in [6.45, 7) is 1.99. The van der Waals surface area contributed by atoms with E-state index in [1.54, 1.807) is 12.4 Å². The van der Waals surface area contributed by atoms with Gasteiger partial charge in [0.2, 0.25) is 11.7 Å². The molecule has 2 aromatic carbocycles. The summed E-state index contributed by atoms with van der Waals surface area (Å²) in [5.41, 5.74) is 3.15. The summed E-state index contributed by atoms with van der Waals surface area (Å²) >= 11 is 0. The molecule has 8 heteroatoms. The third-order valence-corrected chi connectivity index (χ3v) is 4.48. The van der Waals surface area contributed by atoms with Gasteiger partial charge in [0.25, 0.3) is 5.56 Å². The average molecular weight is 358 g/mol. The Morgan fingerprint density at radius 1 is 1.15 bits per heavy atom. The fourth-order valence-corrected chi connectivity index (χ4v) is 3.15. The first-order valence-corrected chi connectivity index (χ1v) is 8.41. The molecule has 0 radical (unpaired) electrons. The number of nitrogens with one attached hydrogen (secondary N) is 1. The molecule has 0 aliphatic carbocycles. The quantitative estimate of drug-likeness (QED) is 0.532. The summed E-state index contributed by atoms with van der Waals surface area (Å²) in [5, 5.41) is 9.86. The second-order valence-corrected chi connectivity index (χ2v) is 6.24. The molecule has 0 amide bonds. The Balaban J connectivity index is 1.51. The Kier molecular flexibility index (Phi) is 3.36. The highest BCUT2D eigenvalue weighted by atomic mass is 16.5. The van der Waals surface area contributed by atoms with Crippen molar-refractivity contribution in [3.8, 4) is 11.4 Å². The molecular weight excluding hydrogens is 344 g/mol. The molecule has 132 valence electrons. The highest BCUT2D eigenvalue weighted by Gasteiger charge is 2.13. The number of imidazole rings is 1. The molecule has 0 fully saturated rings. The second kappa shape index (κ2) is 5.87. The number of H-pyrrole nitrogens is 1. The predicted octanol–water partition coefficient (Wildman–Crippen LogP) is 2.68. The largest absolute Gasteiger partial charge is 0.345 e. The minimum absolute atomic E-state index is 0.115. The van der Waals surface area contributed by atoms with E-state index in [9.17, 15) is 4.79 Å². The van der Waals surface area contributed by atoms with E-state index in [4.69, 9.17) is 4.52 Å². The second-order valence-electron chi connectivity index (χ2n) is 6.24. The van der Waals surface area contributed by atoms with Crippen molar-refractivity contribution in [1.29, 1.82) is 0 Å². The van der Waals surface area contributed by atoms with Crippen molar-refractivity contribution in [3.63, 3.8) is 0 Å². The highest BCUT2D eigenvalue weighted by molar-refractivity contribution is 5.83. The van der Waals surface area contributed by atoms with Crippen LogP contribution in [-0.2, 0) is 6.54 Å². The van der Waals surface area contributed by atoms with Crippen LogP contribution in [0.1, 0.15) is 11.6 Å². The van der Waals surface area contributed by atoms with Crippen LogP contribution in [0.25, 0.3) is 33.2 Å². The van der Waals surface area contributed by atoms with Crippen molar-refractivity contribution in [2.45, 2.75) is 13.5 Å². The van der Waals surface area contributed by atoms with Gasteiger partial charge in [0.15, 0.2) is 0 Å². The number of fused-ring (bicyclic) bond motifs is 2. The number of rotatable bonds is 3. The molecule has 0 unspecified atom stereocenters. The van der Waals surface area contributed by atoms with E-state index in [2.05, 4.69) is 25.2 Å². The molecule has 3 heterocycles. The molecule has 0 saturated carbocycles. The first-order chi connectivity index (χ1) is 13.2. The lowest BCUT2D eigenvalue weighted by molar-refractivity contribution is 0.363. The summed E-state index contributed by atoms with van der Waals surface area (Å²) in [4.78, 5) is 24.3. The van der Waals surface area contributed by atoms with Crippen LogP contribution >= 0.6 is 0 Å². The first-order valence-electron chi connectivity index (χ1n) is 8.41. The van der Waals surface area contributed by atoms with E-state index in [1.165, 1.54) is 4.68 Å². The Morgan fingerprint density at radius 3 is 2.89 bits per heavy atom. The van der Waals surface area contributed by atoms with Gasteiger partial charge in [0.1, 0.15) is 6.54 Å². The molecule has 5 aromatic rings. The van der Waals surface area contributed by atoms with Crippen molar-refractivity contribution in [2.75, 3.05) is 0 Å². The third kappa shape index (κ3) is 2.58. The van der Waals surface area contributed by atoms with Crippen LogP contribution in [0.4, 0.5) is 0 Å². The molecule has 1 N–H and O–H groups in total. The van der Waals surface area contributed by atoms with Crippen molar-refractivity contribution in [3.05, 3.63) is 70.7 Å². The van der Waals surface area contributed by atoms with Crippen LogP contribution in [0.2, 0.25) is 0 Å². The first kappa shape index (κ1) is 15.4. The summed E-state index contributed by atoms with van der Waals surface area (Å²) in [5.74, 6) is 0.769. The van der Waals surface area contributed by atoms with Gasteiger partial charge in [-0.25, -0.2) is 9.67 Å². The number of nitrogens with zero attached hydrogens (tertiary/aromatic N) is 5. The van der Waals surface area contributed by atoms with Gasteiger partial charge >= 0.3 is 0 Å². The summed E-state index contributed by atoms with van der Waals surface area (Å²) in [7, 11) is 0. The van der Waals surface area contributed by atoms with E-state index in [0.717, 1.165) is 27.7 Å². The van der Waals surface area contributed by atoms with E-state index >= 15 is 0 Å². The summed E-state index contributed by atoms with van der Waals surface area (Å²) < 4.78 is 6.69. The SMILES string of the molecule is Cc1nn(Cc2nc(-c3ccc4nc[nH]c4c3)no2)c(=O)c2ccccc12. The molecule has 0 aliphatic heterocycles. The Bertz CT molecular complexity index is 1350. The molecule has 0 aliphatic rings. The van der Waals surface area contributed by atoms with Crippen LogP contribution in [0.15, 0.2) is 58.1 Å². The number of hydrogen-bond donors (Lipinski definition) is 1. The zero-order valence-corrected chi connectivity index (χ0v) is 14.4. The molecule has 27 heavy (non-hydrogen) atoms. The molecule has 0 bridgehead atoms. The monoisotopic (exact) mass is 358 g/mol. The average Bonchev–Trinajstić information content (AvgIpc) is 3.34. The van der Waals surface area contributed by atoms with Crippen molar-refractivity contribution in [1.82, 2.24) is 29.9 Å². The van der Waals surface area contributed by atoms with Crippen molar-refractivity contribution >= 4 is 21.8 Å². The maximum Gasteiger partial charge on any atom is 0.275 e. The molecule has 0 atom stereocenters. The van der Waals surface area contributed by atoms with E-state index < -0.39 is 0 Å². The van der Waals surface area contributed by atoms with Gasteiger partial charge < -0.3 is 9.51 Å². The number of benzene rings is 2. The smallest absolute Gasteiger partial charge is 0.275 e. The van der Waals surface area contributed by atoms with Gasteiger partial charge in [-0.15, -0.1) is 0 Å².